The van der Waals surface area contributed by atoms with Crippen LogP contribution in [0.3, 0.4) is 0 Å². The summed E-state index contributed by atoms with van der Waals surface area (Å²) in [6.07, 6.45) is 1.33. The quantitative estimate of drug-likeness (QED) is 0.838. The van der Waals surface area contributed by atoms with Gasteiger partial charge in [-0.3, -0.25) is 4.79 Å². The Hall–Kier alpha value is -1.16. The van der Waals surface area contributed by atoms with E-state index in [2.05, 4.69) is 34.9 Å². The van der Waals surface area contributed by atoms with Crippen LogP contribution in [0.15, 0.2) is 33.8 Å². The standard InChI is InChI=1S/C13H15BrN2O/c1-9(2)7-10-8-13(17)16(15-10)12-6-4-3-5-11(12)14/h3-6,9H,7-8H2,1-2H3. The van der Waals surface area contributed by atoms with Gasteiger partial charge in [0, 0.05) is 10.2 Å². The third kappa shape index (κ3) is 2.75. The molecule has 0 bridgehead atoms. The van der Waals surface area contributed by atoms with Crippen molar-refractivity contribution in [3.8, 4) is 0 Å². The zero-order chi connectivity index (χ0) is 12.4. The molecule has 0 fully saturated rings. The van der Waals surface area contributed by atoms with Gasteiger partial charge in [-0.05, 0) is 40.4 Å². The molecular weight excluding hydrogens is 280 g/mol. The maximum atomic E-state index is 11.9. The molecule has 3 nitrogen and oxygen atoms in total. The molecule has 0 unspecified atom stereocenters. The van der Waals surface area contributed by atoms with E-state index in [0.717, 1.165) is 22.3 Å². The van der Waals surface area contributed by atoms with Gasteiger partial charge in [-0.25, -0.2) is 0 Å². The van der Waals surface area contributed by atoms with Crippen LogP contribution in [0, 0.1) is 5.92 Å². The Bertz CT molecular complexity index is 468. The van der Waals surface area contributed by atoms with E-state index in [1.807, 2.05) is 24.3 Å². The minimum atomic E-state index is 0.0487. The van der Waals surface area contributed by atoms with E-state index in [1.54, 1.807) is 0 Å². The van der Waals surface area contributed by atoms with Gasteiger partial charge in [0.25, 0.3) is 5.91 Å². The summed E-state index contributed by atoms with van der Waals surface area (Å²) in [5, 5.41) is 5.91. The van der Waals surface area contributed by atoms with Crippen molar-refractivity contribution in [2.24, 2.45) is 11.0 Å². The summed E-state index contributed by atoms with van der Waals surface area (Å²) in [6, 6.07) is 7.64. The highest BCUT2D eigenvalue weighted by atomic mass is 79.9. The summed E-state index contributed by atoms with van der Waals surface area (Å²) in [6.45, 7) is 4.27. The van der Waals surface area contributed by atoms with Gasteiger partial charge < -0.3 is 0 Å². The van der Waals surface area contributed by atoms with Crippen LogP contribution in [0.5, 0.6) is 0 Å². The monoisotopic (exact) mass is 294 g/mol. The molecule has 1 heterocycles. The molecule has 4 heteroatoms. The Morgan fingerprint density at radius 3 is 2.76 bits per heavy atom. The van der Waals surface area contributed by atoms with Gasteiger partial charge in [-0.15, -0.1) is 0 Å². The molecule has 0 aromatic heterocycles. The molecule has 0 saturated heterocycles. The number of amides is 1. The van der Waals surface area contributed by atoms with Crippen molar-refractivity contribution in [3.63, 3.8) is 0 Å². The highest BCUT2D eigenvalue weighted by Crippen LogP contribution is 2.29. The number of nitrogens with zero attached hydrogens (tertiary/aromatic N) is 2. The van der Waals surface area contributed by atoms with Crippen LogP contribution in [-0.2, 0) is 4.79 Å². The molecule has 0 atom stereocenters. The average molecular weight is 295 g/mol. The molecular formula is C13H15BrN2O. The number of halogens is 1. The van der Waals surface area contributed by atoms with Gasteiger partial charge in [-0.2, -0.15) is 10.1 Å². The highest BCUT2D eigenvalue weighted by Gasteiger charge is 2.26. The Morgan fingerprint density at radius 2 is 2.12 bits per heavy atom. The Morgan fingerprint density at radius 1 is 1.41 bits per heavy atom. The van der Waals surface area contributed by atoms with Crippen molar-refractivity contribution >= 4 is 33.2 Å². The summed E-state index contributed by atoms with van der Waals surface area (Å²) >= 11 is 3.44. The molecule has 1 amide bonds. The second kappa shape index (κ2) is 5.00. The minimum Gasteiger partial charge on any atom is -0.272 e. The number of anilines is 1. The average Bonchev–Trinajstić information content (AvgIpc) is 2.59. The largest absolute Gasteiger partial charge is 0.272 e. The third-order valence-electron chi connectivity index (χ3n) is 2.56. The summed E-state index contributed by atoms with van der Waals surface area (Å²) in [5.74, 6) is 0.577. The summed E-state index contributed by atoms with van der Waals surface area (Å²) < 4.78 is 0.892. The number of hydrogen-bond donors (Lipinski definition) is 0. The van der Waals surface area contributed by atoms with Crippen LogP contribution in [0.4, 0.5) is 5.69 Å². The number of hydrazone groups is 1. The Balaban J connectivity index is 2.25. The number of rotatable bonds is 3. The Labute approximate surface area is 110 Å². The highest BCUT2D eigenvalue weighted by molar-refractivity contribution is 9.10. The van der Waals surface area contributed by atoms with Crippen molar-refractivity contribution in [2.75, 3.05) is 5.01 Å². The van der Waals surface area contributed by atoms with Crippen LogP contribution < -0.4 is 5.01 Å². The smallest absolute Gasteiger partial charge is 0.253 e. The first-order valence-electron chi connectivity index (χ1n) is 5.71. The fraction of sp³-hybridized carbons (Fsp3) is 0.385. The van der Waals surface area contributed by atoms with E-state index >= 15 is 0 Å². The lowest BCUT2D eigenvalue weighted by atomic mass is 10.1. The molecule has 1 aromatic rings. The molecule has 0 spiro atoms. The fourth-order valence-corrected chi connectivity index (χ4v) is 2.33. The number of carbonyl (C=O) groups excluding carboxylic acids is 1. The first-order chi connectivity index (χ1) is 8.08. The van der Waals surface area contributed by atoms with E-state index in [-0.39, 0.29) is 5.91 Å². The van der Waals surface area contributed by atoms with Crippen LogP contribution in [-0.4, -0.2) is 11.6 Å². The molecule has 2 rings (SSSR count). The number of benzene rings is 1. The molecule has 0 aliphatic carbocycles. The van der Waals surface area contributed by atoms with Crippen molar-refractivity contribution in [1.29, 1.82) is 0 Å². The van der Waals surface area contributed by atoms with Gasteiger partial charge in [0.1, 0.15) is 0 Å². The maximum absolute atomic E-state index is 11.9. The van der Waals surface area contributed by atoms with Gasteiger partial charge in [0.15, 0.2) is 0 Å². The Kier molecular flexibility index (Phi) is 3.62. The van der Waals surface area contributed by atoms with Gasteiger partial charge in [-0.1, -0.05) is 26.0 Å². The molecule has 1 aliphatic heterocycles. The van der Waals surface area contributed by atoms with E-state index in [9.17, 15) is 4.79 Å². The van der Waals surface area contributed by atoms with Crippen LogP contribution >= 0.6 is 15.9 Å². The van der Waals surface area contributed by atoms with Crippen molar-refractivity contribution in [1.82, 2.24) is 0 Å². The van der Waals surface area contributed by atoms with Gasteiger partial charge in [0.05, 0.1) is 12.1 Å². The second-order valence-electron chi connectivity index (χ2n) is 4.60. The number of para-hydroxylation sites is 1. The molecule has 0 saturated carbocycles. The van der Waals surface area contributed by atoms with E-state index in [1.165, 1.54) is 5.01 Å². The normalized spacial score (nSPS) is 15.6. The van der Waals surface area contributed by atoms with Crippen LogP contribution in [0.25, 0.3) is 0 Å². The lowest BCUT2D eigenvalue weighted by Gasteiger charge is -2.13. The first kappa shape index (κ1) is 12.3. The minimum absolute atomic E-state index is 0.0487. The predicted octanol–water partition coefficient (Wildman–Crippen LogP) is 3.59. The van der Waals surface area contributed by atoms with E-state index < -0.39 is 0 Å². The van der Waals surface area contributed by atoms with Gasteiger partial charge in [0.2, 0.25) is 0 Å². The lowest BCUT2D eigenvalue weighted by molar-refractivity contribution is -0.116. The zero-order valence-corrected chi connectivity index (χ0v) is 11.6. The number of hydrogen-bond acceptors (Lipinski definition) is 2. The fourth-order valence-electron chi connectivity index (χ4n) is 1.88. The summed E-state index contributed by atoms with van der Waals surface area (Å²) in [7, 11) is 0. The molecule has 1 aliphatic rings. The molecule has 17 heavy (non-hydrogen) atoms. The lowest BCUT2D eigenvalue weighted by Crippen LogP contribution is -2.19. The predicted molar refractivity (Wildman–Crippen MR) is 73.1 cm³/mol. The molecule has 0 radical (unpaired) electrons. The van der Waals surface area contributed by atoms with Crippen molar-refractivity contribution < 1.29 is 4.79 Å². The topological polar surface area (TPSA) is 32.7 Å². The molecule has 90 valence electrons. The molecule has 0 N–H and O–H groups in total. The second-order valence-corrected chi connectivity index (χ2v) is 5.45. The SMILES string of the molecule is CC(C)CC1=NN(c2ccccc2Br)C(=O)C1. The third-order valence-corrected chi connectivity index (χ3v) is 3.23. The van der Waals surface area contributed by atoms with E-state index in [4.69, 9.17) is 0 Å². The van der Waals surface area contributed by atoms with Gasteiger partial charge >= 0.3 is 0 Å². The number of carbonyl (C=O) groups is 1. The zero-order valence-electron chi connectivity index (χ0n) is 9.98. The van der Waals surface area contributed by atoms with Crippen LogP contribution in [0.1, 0.15) is 26.7 Å². The van der Waals surface area contributed by atoms with Crippen molar-refractivity contribution in [3.05, 3.63) is 28.7 Å². The summed E-state index contributed by atoms with van der Waals surface area (Å²) in [5.41, 5.74) is 1.79. The maximum Gasteiger partial charge on any atom is 0.253 e. The molecule has 1 aromatic carbocycles. The van der Waals surface area contributed by atoms with Crippen molar-refractivity contribution in [2.45, 2.75) is 26.7 Å². The van der Waals surface area contributed by atoms with Crippen LogP contribution in [0.2, 0.25) is 0 Å². The van der Waals surface area contributed by atoms with E-state index in [0.29, 0.717) is 12.3 Å². The summed E-state index contributed by atoms with van der Waals surface area (Å²) in [4.78, 5) is 11.9. The first-order valence-corrected chi connectivity index (χ1v) is 6.51.